The lowest BCUT2D eigenvalue weighted by atomic mass is 10.0. The van der Waals surface area contributed by atoms with Gasteiger partial charge in [0.05, 0.1) is 11.7 Å². The number of rotatable bonds is 4. The monoisotopic (exact) mass is 316 g/mol. The van der Waals surface area contributed by atoms with Gasteiger partial charge in [-0.3, -0.25) is 0 Å². The minimum absolute atomic E-state index is 0.0296. The quantitative estimate of drug-likeness (QED) is 0.509. The van der Waals surface area contributed by atoms with Crippen LogP contribution in [0.1, 0.15) is 18.1 Å². The van der Waals surface area contributed by atoms with Gasteiger partial charge < -0.3 is 10.2 Å². The van der Waals surface area contributed by atoms with Crippen LogP contribution in [0, 0.1) is 23.3 Å². The number of benzene rings is 1. The molecule has 2 unspecified atom stereocenters. The molecule has 7 heteroatoms. The van der Waals surface area contributed by atoms with E-state index >= 15 is 0 Å². The maximum atomic E-state index is 13.2. The molecule has 0 amide bonds. The summed E-state index contributed by atoms with van der Waals surface area (Å²) in [5.74, 6) is -6.65. The second-order valence-corrected chi connectivity index (χ2v) is 4.16. The molecule has 0 saturated carbocycles. The summed E-state index contributed by atoms with van der Waals surface area (Å²) in [6, 6.07) is 0.0394. The summed E-state index contributed by atoms with van der Waals surface area (Å²) in [5, 5.41) is 19.0. The molecule has 1 rings (SSSR count). The van der Waals surface area contributed by atoms with Gasteiger partial charge in [-0.1, -0.05) is 15.9 Å². The third kappa shape index (κ3) is 2.97. The molecule has 0 saturated heterocycles. The molecule has 1 aromatic carbocycles. The Hall–Kier alpha value is -0.660. The predicted octanol–water partition coefficient (Wildman–Crippen LogP) is 2.42. The Morgan fingerprint density at radius 3 is 1.94 bits per heavy atom. The molecule has 2 N–H and O–H groups in total. The SMILES string of the molecule is OC(CCBr)C(O)c1c(F)c(F)cc(F)c1F. The lowest BCUT2D eigenvalue weighted by Crippen LogP contribution is -2.22. The summed E-state index contributed by atoms with van der Waals surface area (Å²) >= 11 is 2.95. The smallest absolute Gasteiger partial charge is 0.167 e. The van der Waals surface area contributed by atoms with Crippen molar-refractivity contribution in [3.8, 4) is 0 Å². The van der Waals surface area contributed by atoms with Gasteiger partial charge in [-0.25, -0.2) is 17.6 Å². The Kier molecular flexibility index (Phi) is 4.91. The lowest BCUT2D eigenvalue weighted by Gasteiger charge is -2.18. The van der Waals surface area contributed by atoms with Gasteiger partial charge in [-0.05, 0) is 6.42 Å². The second kappa shape index (κ2) is 5.79. The first kappa shape index (κ1) is 14.4. The molecular formula is C10H9BrF4O2. The van der Waals surface area contributed by atoms with Crippen molar-refractivity contribution in [1.29, 1.82) is 0 Å². The second-order valence-electron chi connectivity index (χ2n) is 3.37. The maximum absolute atomic E-state index is 13.2. The van der Waals surface area contributed by atoms with Crippen molar-refractivity contribution in [2.45, 2.75) is 18.6 Å². The number of aliphatic hydroxyl groups is 2. The predicted molar refractivity (Wildman–Crippen MR) is 55.7 cm³/mol. The molecular weight excluding hydrogens is 308 g/mol. The average molecular weight is 317 g/mol. The van der Waals surface area contributed by atoms with Crippen LogP contribution in [0.25, 0.3) is 0 Å². The van der Waals surface area contributed by atoms with E-state index in [2.05, 4.69) is 15.9 Å². The van der Waals surface area contributed by atoms with Crippen LogP contribution in [0.3, 0.4) is 0 Å². The molecule has 0 spiro atoms. The Balaban J connectivity index is 3.20. The van der Waals surface area contributed by atoms with Gasteiger partial charge in [-0.15, -0.1) is 0 Å². The molecule has 1 aromatic rings. The molecule has 96 valence electrons. The van der Waals surface area contributed by atoms with E-state index in [1.54, 1.807) is 0 Å². The number of hydrogen-bond acceptors (Lipinski definition) is 2. The van der Waals surface area contributed by atoms with Crippen molar-refractivity contribution in [2.24, 2.45) is 0 Å². The van der Waals surface area contributed by atoms with Crippen molar-refractivity contribution in [1.82, 2.24) is 0 Å². The summed E-state index contributed by atoms with van der Waals surface area (Å²) < 4.78 is 52.1. The number of hydrogen-bond donors (Lipinski definition) is 2. The van der Waals surface area contributed by atoms with Gasteiger partial charge in [-0.2, -0.15) is 0 Å². The summed E-state index contributed by atoms with van der Waals surface area (Å²) in [6.07, 6.45) is -3.59. The van der Waals surface area contributed by atoms with Crippen molar-refractivity contribution in [3.05, 3.63) is 34.9 Å². The molecule has 0 aromatic heterocycles. The van der Waals surface area contributed by atoms with Crippen LogP contribution in [0.5, 0.6) is 0 Å². The zero-order valence-electron chi connectivity index (χ0n) is 8.43. The third-order valence-electron chi connectivity index (χ3n) is 2.21. The molecule has 2 nitrogen and oxygen atoms in total. The van der Waals surface area contributed by atoms with Crippen molar-refractivity contribution in [2.75, 3.05) is 5.33 Å². The molecule has 0 heterocycles. The summed E-state index contributed by atoms with van der Waals surface area (Å²) in [7, 11) is 0. The number of alkyl halides is 1. The van der Waals surface area contributed by atoms with E-state index in [0.29, 0.717) is 0 Å². The molecule has 0 radical (unpaired) electrons. The fourth-order valence-corrected chi connectivity index (χ4v) is 1.78. The van der Waals surface area contributed by atoms with Crippen molar-refractivity contribution < 1.29 is 27.8 Å². The fourth-order valence-electron chi connectivity index (χ4n) is 1.31. The van der Waals surface area contributed by atoms with E-state index in [1.165, 1.54) is 0 Å². The lowest BCUT2D eigenvalue weighted by molar-refractivity contribution is 0.0122. The minimum atomic E-state index is -2.03. The van der Waals surface area contributed by atoms with Crippen LogP contribution in [0.2, 0.25) is 0 Å². The average Bonchev–Trinajstić information content (AvgIpc) is 2.27. The first-order chi connectivity index (χ1) is 7.90. The summed E-state index contributed by atoms with van der Waals surface area (Å²) in [4.78, 5) is 0. The van der Waals surface area contributed by atoms with Gasteiger partial charge in [0.1, 0.15) is 6.10 Å². The molecule has 0 aliphatic carbocycles. The van der Waals surface area contributed by atoms with Gasteiger partial charge >= 0.3 is 0 Å². The highest BCUT2D eigenvalue weighted by molar-refractivity contribution is 9.09. The van der Waals surface area contributed by atoms with Crippen LogP contribution in [0.15, 0.2) is 6.07 Å². The van der Waals surface area contributed by atoms with Crippen LogP contribution in [-0.2, 0) is 0 Å². The molecule has 0 fully saturated rings. The standard InChI is InChI=1S/C10H9BrF4O2/c11-2-1-6(16)10(17)7-8(14)4(12)3-5(13)9(7)15/h3,6,10,16-17H,1-2H2. The van der Waals surface area contributed by atoms with Gasteiger partial charge in [0, 0.05) is 11.4 Å². The van der Waals surface area contributed by atoms with Crippen LogP contribution < -0.4 is 0 Å². The topological polar surface area (TPSA) is 40.5 Å². The van der Waals surface area contributed by atoms with E-state index in [0.717, 1.165) is 0 Å². The van der Waals surface area contributed by atoms with Crippen LogP contribution in [-0.4, -0.2) is 21.6 Å². The molecule has 0 aliphatic rings. The Morgan fingerprint density at radius 1 is 1.06 bits per heavy atom. The minimum Gasteiger partial charge on any atom is -0.390 e. The Labute approximate surface area is 103 Å². The first-order valence-corrected chi connectivity index (χ1v) is 5.77. The highest BCUT2D eigenvalue weighted by Crippen LogP contribution is 2.28. The molecule has 0 aliphatic heterocycles. The number of aliphatic hydroxyl groups excluding tert-OH is 2. The van der Waals surface area contributed by atoms with Crippen molar-refractivity contribution in [3.63, 3.8) is 0 Å². The molecule has 0 bridgehead atoms. The van der Waals surface area contributed by atoms with Crippen LogP contribution >= 0.6 is 15.9 Å². The van der Waals surface area contributed by atoms with Gasteiger partial charge in [0.15, 0.2) is 23.3 Å². The Morgan fingerprint density at radius 2 is 1.53 bits per heavy atom. The summed E-state index contributed by atoms with van der Waals surface area (Å²) in [6.45, 7) is 0. The van der Waals surface area contributed by atoms with E-state index < -0.39 is 41.0 Å². The van der Waals surface area contributed by atoms with Gasteiger partial charge in [0.25, 0.3) is 0 Å². The highest BCUT2D eigenvalue weighted by atomic mass is 79.9. The normalized spacial score (nSPS) is 14.8. The zero-order valence-corrected chi connectivity index (χ0v) is 10.0. The third-order valence-corrected chi connectivity index (χ3v) is 2.67. The van der Waals surface area contributed by atoms with Crippen molar-refractivity contribution >= 4 is 15.9 Å². The molecule has 2 atom stereocenters. The highest BCUT2D eigenvalue weighted by Gasteiger charge is 2.29. The Bertz CT molecular complexity index is 388. The molecule has 17 heavy (non-hydrogen) atoms. The van der Waals surface area contributed by atoms with E-state index in [-0.39, 0.29) is 17.8 Å². The van der Waals surface area contributed by atoms with Crippen LogP contribution in [0.4, 0.5) is 17.6 Å². The van der Waals surface area contributed by atoms with E-state index in [4.69, 9.17) is 0 Å². The number of halogens is 5. The van der Waals surface area contributed by atoms with Gasteiger partial charge in [0.2, 0.25) is 0 Å². The zero-order chi connectivity index (χ0) is 13.2. The fraction of sp³-hybridized carbons (Fsp3) is 0.400. The summed E-state index contributed by atoms with van der Waals surface area (Å²) in [5.41, 5.74) is -1.20. The maximum Gasteiger partial charge on any atom is 0.167 e. The van der Waals surface area contributed by atoms with E-state index in [1.807, 2.05) is 0 Å². The largest absolute Gasteiger partial charge is 0.390 e. The van der Waals surface area contributed by atoms with E-state index in [9.17, 15) is 27.8 Å². The first-order valence-electron chi connectivity index (χ1n) is 4.65.